The van der Waals surface area contributed by atoms with Crippen molar-refractivity contribution in [2.45, 2.75) is 22.4 Å². The summed E-state index contributed by atoms with van der Waals surface area (Å²) >= 11 is 13.7. The summed E-state index contributed by atoms with van der Waals surface area (Å²) in [7, 11) is 0. The highest BCUT2D eigenvalue weighted by Crippen LogP contribution is 2.38. The van der Waals surface area contributed by atoms with Crippen molar-refractivity contribution in [3.63, 3.8) is 0 Å². The Morgan fingerprint density at radius 3 is 2.77 bits per heavy atom. The van der Waals surface area contributed by atoms with E-state index < -0.39 is 0 Å². The Morgan fingerprint density at radius 2 is 2.07 bits per heavy atom. The van der Waals surface area contributed by atoms with Crippen LogP contribution in [0.5, 0.6) is 0 Å². The number of hydrogen-bond acceptors (Lipinski definition) is 7. The highest BCUT2D eigenvalue weighted by molar-refractivity contribution is 7.99. The molecule has 0 spiro atoms. The largest absolute Gasteiger partial charge is 0.381 e. The lowest BCUT2D eigenvalue weighted by atomic mass is 10.2. The van der Waals surface area contributed by atoms with Crippen LogP contribution in [0.4, 0.5) is 16.4 Å². The normalized spacial score (nSPS) is 19.2. The molecule has 2 aliphatic rings. The van der Waals surface area contributed by atoms with Crippen LogP contribution in [-0.4, -0.2) is 66.2 Å². The molecule has 2 amide bonds. The lowest BCUT2D eigenvalue weighted by Gasteiger charge is -2.35. The molecule has 0 bridgehead atoms. The molecule has 2 aromatic rings. The van der Waals surface area contributed by atoms with Crippen LogP contribution < -0.4 is 21.3 Å². The van der Waals surface area contributed by atoms with Gasteiger partial charge in [-0.2, -0.15) is 0 Å². The maximum absolute atomic E-state index is 12.4. The highest BCUT2D eigenvalue weighted by Gasteiger charge is 2.25. The van der Waals surface area contributed by atoms with Crippen molar-refractivity contribution in [2.75, 3.05) is 49.9 Å². The molecule has 2 fully saturated rings. The van der Waals surface area contributed by atoms with Crippen molar-refractivity contribution in [3.8, 4) is 0 Å². The summed E-state index contributed by atoms with van der Waals surface area (Å²) in [6.45, 7) is 4.40. The molecule has 1 aromatic heterocycles. The summed E-state index contributed by atoms with van der Waals surface area (Å²) in [6.07, 6.45) is 2.68. The summed E-state index contributed by atoms with van der Waals surface area (Å²) in [4.78, 5) is 26.1. The Morgan fingerprint density at radius 1 is 1.27 bits per heavy atom. The summed E-state index contributed by atoms with van der Waals surface area (Å²) in [6, 6.07) is 5.64. The number of urea groups is 1. The van der Waals surface area contributed by atoms with Crippen LogP contribution in [-0.2, 0) is 0 Å². The average molecular weight is 468 g/mol. The van der Waals surface area contributed by atoms with Crippen LogP contribution in [0.25, 0.3) is 0 Å². The Bertz CT molecular complexity index is 918. The van der Waals surface area contributed by atoms with Gasteiger partial charge in [-0.3, -0.25) is 0 Å². The lowest BCUT2D eigenvalue weighted by molar-refractivity contribution is 0.191. The molecule has 4 N–H and O–H groups in total. The minimum Gasteiger partial charge on any atom is -0.381 e. The fourth-order valence-corrected chi connectivity index (χ4v) is 4.75. The third-order valence-corrected chi connectivity index (χ3v) is 7.15. The number of carbonyl (C=O) groups is 1. The number of rotatable bonds is 4. The Kier molecular flexibility index (Phi) is 6.72. The molecule has 30 heavy (non-hydrogen) atoms. The maximum atomic E-state index is 12.4. The van der Waals surface area contributed by atoms with Crippen molar-refractivity contribution < 1.29 is 4.79 Å². The fraction of sp³-hybridized carbons (Fsp3) is 0.421. The molecule has 4 rings (SSSR count). The highest BCUT2D eigenvalue weighted by atomic mass is 35.5. The first kappa shape index (κ1) is 21.3. The number of nitrogen functional groups attached to an aromatic ring is 1. The zero-order chi connectivity index (χ0) is 21.1. The Hall–Kier alpha value is -1.94. The molecule has 8 nitrogen and oxygen atoms in total. The molecule has 1 unspecified atom stereocenters. The van der Waals surface area contributed by atoms with Gasteiger partial charge in [0.05, 0.1) is 16.2 Å². The number of amides is 2. The zero-order valence-electron chi connectivity index (χ0n) is 16.3. The minimum absolute atomic E-state index is 0.000836. The number of hydrogen-bond donors (Lipinski definition) is 3. The zero-order valence-corrected chi connectivity index (χ0v) is 18.6. The van der Waals surface area contributed by atoms with Crippen molar-refractivity contribution in [2.24, 2.45) is 0 Å². The van der Waals surface area contributed by atoms with Gasteiger partial charge in [0, 0.05) is 43.7 Å². The molecule has 2 saturated heterocycles. The summed E-state index contributed by atoms with van der Waals surface area (Å²) < 4.78 is 0. The van der Waals surface area contributed by atoms with E-state index in [0.29, 0.717) is 52.9 Å². The van der Waals surface area contributed by atoms with E-state index in [2.05, 4.69) is 25.5 Å². The second-order valence-electron chi connectivity index (χ2n) is 7.19. The molecule has 0 aliphatic carbocycles. The second kappa shape index (κ2) is 9.47. The summed E-state index contributed by atoms with van der Waals surface area (Å²) in [5.41, 5.74) is 6.15. The number of carbonyl (C=O) groups excluding carboxylic acids is 1. The van der Waals surface area contributed by atoms with E-state index in [-0.39, 0.29) is 12.1 Å². The molecule has 0 saturated carbocycles. The standard InChI is InChI=1S/C19H23Cl2N7OS/c20-13-2-1-3-14(16(13)21)30-18-17(22)26-15(11-24-18)27-6-8-28(9-7-27)19(29)25-12-4-5-23-10-12/h1-3,11-12,23H,4-10H2,(H2,22,26)(H,25,29). The molecule has 1 aromatic carbocycles. The van der Waals surface area contributed by atoms with E-state index in [1.165, 1.54) is 11.8 Å². The monoisotopic (exact) mass is 467 g/mol. The van der Waals surface area contributed by atoms with Crippen molar-refractivity contribution in [3.05, 3.63) is 34.4 Å². The van der Waals surface area contributed by atoms with E-state index in [4.69, 9.17) is 28.9 Å². The first-order valence-corrected chi connectivity index (χ1v) is 11.3. The van der Waals surface area contributed by atoms with Crippen LogP contribution >= 0.6 is 35.0 Å². The molecule has 3 heterocycles. The van der Waals surface area contributed by atoms with E-state index in [1.54, 1.807) is 12.3 Å². The van der Waals surface area contributed by atoms with E-state index in [9.17, 15) is 4.79 Å². The second-order valence-corrected chi connectivity index (χ2v) is 9.00. The Labute approximate surface area is 189 Å². The van der Waals surface area contributed by atoms with Gasteiger partial charge in [0.15, 0.2) is 5.82 Å². The van der Waals surface area contributed by atoms with Gasteiger partial charge in [-0.05, 0) is 25.1 Å². The number of nitrogens with zero attached hydrogens (tertiary/aromatic N) is 4. The topological polar surface area (TPSA) is 99.4 Å². The maximum Gasteiger partial charge on any atom is 0.317 e. The number of aromatic nitrogens is 2. The molecule has 160 valence electrons. The average Bonchev–Trinajstić information content (AvgIpc) is 3.26. The first-order chi connectivity index (χ1) is 14.5. The summed E-state index contributed by atoms with van der Waals surface area (Å²) in [5.74, 6) is 1.04. The molecule has 1 atom stereocenters. The minimum atomic E-state index is -0.000836. The van der Waals surface area contributed by atoms with Gasteiger partial charge in [-0.1, -0.05) is 41.0 Å². The smallest absolute Gasteiger partial charge is 0.317 e. The van der Waals surface area contributed by atoms with E-state index in [0.717, 1.165) is 24.4 Å². The van der Waals surface area contributed by atoms with Gasteiger partial charge >= 0.3 is 6.03 Å². The molecule has 11 heteroatoms. The van der Waals surface area contributed by atoms with Crippen LogP contribution in [0.2, 0.25) is 10.0 Å². The van der Waals surface area contributed by atoms with Crippen molar-refractivity contribution in [1.82, 2.24) is 25.5 Å². The SMILES string of the molecule is Nc1nc(N2CCN(C(=O)NC3CCNC3)CC2)cnc1Sc1cccc(Cl)c1Cl. The molecule has 0 radical (unpaired) electrons. The predicted molar refractivity (Wildman–Crippen MR) is 121 cm³/mol. The van der Waals surface area contributed by atoms with Crippen LogP contribution in [0, 0.1) is 0 Å². The van der Waals surface area contributed by atoms with Crippen molar-refractivity contribution >= 4 is 52.6 Å². The predicted octanol–water partition coefficient (Wildman–Crippen LogP) is 2.71. The van der Waals surface area contributed by atoms with Gasteiger partial charge in [0.25, 0.3) is 0 Å². The third kappa shape index (κ3) is 4.85. The number of anilines is 2. The molecular weight excluding hydrogens is 445 g/mol. The van der Waals surface area contributed by atoms with Gasteiger partial charge in [-0.15, -0.1) is 0 Å². The summed E-state index contributed by atoms with van der Waals surface area (Å²) in [5, 5.41) is 7.87. The third-order valence-electron chi connectivity index (χ3n) is 5.15. The molecule has 2 aliphatic heterocycles. The number of piperazine rings is 1. The molecular formula is C19H23Cl2N7OS. The van der Waals surface area contributed by atoms with E-state index >= 15 is 0 Å². The van der Waals surface area contributed by atoms with Crippen molar-refractivity contribution in [1.29, 1.82) is 0 Å². The van der Waals surface area contributed by atoms with Crippen LogP contribution in [0.3, 0.4) is 0 Å². The fourth-order valence-electron chi connectivity index (χ4n) is 3.46. The number of nitrogens with one attached hydrogen (secondary N) is 2. The number of nitrogens with two attached hydrogens (primary N) is 1. The number of halogens is 2. The first-order valence-electron chi connectivity index (χ1n) is 9.77. The Balaban J connectivity index is 1.35. The quantitative estimate of drug-likeness (QED) is 0.635. The van der Waals surface area contributed by atoms with E-state index in [1.807, 2.05) is 17.0 Å². The lowest BCUT2D eigenvalue weighted by Crippen LogP contribution is -2.54. The van der Waals surface area contributed by atoms with Gasteiger partial charge in [0.1, 0.15) is 10.8 Å². The van der Waals surface area contributed by atoms with Gasteiger partial charge in [-0.25, -0.2) is 14.8 Å². The van der Waals surface area contributed by atoms with Gasteiger partial charge in [0.2, 0.25) is 0 Å². The van der Waals surface area contributed by atoms with Crippen LogP contribution in [0.15, 0.2) is 34.3 Å². The number of benzene rings is 1. The van der Waals surface area contributed by atoms with Gasteiger partial charge < -0.3 is 26.2 Å². The van der Waals surface area contributed by atoms with Crippen LogP contribution in [0.1, 0.15) is 6.42 Å².